The van der Waals surface area contributed by atoms with E-state index in [1.807, 2.05) is 0 Å². The second kappa shape index (κ2) is 5.45. The van der Waals surface area contributed by atoms with E-state index >= 15 is 0 Å². The Morgan fingerprint density at radius 2 is 1.37 bits per heavy atom. The van der Waals surface area contributed by atoms with E-state index in [0.717, 1.165) is 0 Å². The SMILES string of the molecule is COc1c(CS(N)(=O)=O)cc(C)cc1CS(N)(=O)=O. The van der Waals surface area contributed by atoms with Crippen molar-refractivity contribution < 1.29 is 21.6 Å². The molecular weight excluding hydrogens is 292 g/mol. The van der Waals surface area contributed by atoms with Crippen molar-refractivity contribution in [1.29, 1.82) is 0 Å². The van der Waals surface area contributed by atoms with Crippen LogP contribution >= 0.6 is 0 Å². The van der Waals surface area contributed by atoms with E-state index in [1.54, 1.807) is 19.1 Å². The highest BCUT2D eigenvalue weighted by Crippen LogP contribution is 2.28. The van der Waals surface area contributed by atoms with Gasteiger partial charge in [-0.1, -0.05) is 17.7 Å². The van der Waals surface area contributed by atoms with Gasteiger partial charge >= 0.3 is 0 Å². The average molecular weight is 308 g/mol. The molecule has 7 nitrogen and oxygen atoms in total. The van der Waals surface area contributed by atoms with E-state index in [4.69, 9.17) is 15.0 Å². The maximum Gasteiger partial charge on any atom is 0.213 e. The minimum absolute atomic E-state index is 0.175. The quantitative estimate of drug-likeness (QED) is 0.763. The van der Waals surface area contributed by atoms with Crippen molar-refractivity contribution >= 4 is 20.0 Å². The Labute approximate surface area is 112 Å². The second-order valence-corrected chi connectivity index (χ2v) is 7.46. The number of hydrogen-bond acceptors (Lipinski definition) is 5. The Hall–Kier alpha value is -1.16. The zero-order chi connectivity index (χ0) is 14.8. The first-order valence-electron chi connectivity index (χ1n) is 5.19. The summed E-state index contributed by atoms with van der Waals surface area (Å²) in [5, 5.41) is 9.98. The van der Waals surface area contributed by atoms with Gasteiger partial charge in [0, 0.05) is 11.1 Å². The minimum atomic E-state index is -3.75. The molecule has 0 atom stereocenters. The molecule has 0 aromatic heterocycles. The highest BCUT2D eigenvalue weighted by atomic mass is 32.2. The lowest BCUT2D eigenvalue weighted by Gasteiger charge is -2.14. The smallest absolute Gasteiger partial charge is 0.213 e. The Morgan fingerprint density at radius 3 is 1.63 bits per heavy atom. The van der Waals surface area contributed by atoms with Crippen molar-refractivity contribution in [2.75, 3.05) is 7.11 Å². The van der Waals surface area contributed by atoms with Crippen molar-refractivity contribution in [3.05, 3.63) is 28.8 Å². The maximum absolute atomic E-state index is 11.2. The second-order valence-electron chi connectivity index (χ2n) is 4.23. The molecule has 108 valence electrons. The first-order chi connectivity index (χ1) is 8.52. The summed E-state index contributed by atoms with van der Waals surface area (Å²) in [5.41, 5.74) is 1.31. The summed E-state index contributed by atoms with van der Waals surface area (Å²) in [6, 6.07) is 3.16. The number of benzene rings is 1. The van der Waals surface area contributed by atoms with E-state index in [-0.39, 0.29) is 5.75 Å². The average Bonchev–Trinajstić information content (AvgIpc) is 2.11. The molecule has 0 aliphatic carbocycles. The topological polar surface area (TPSA) is 130 Å². The van der Waals surface area contributed by atoms with Crippen LogP contribution in [0, 0.1) is 6.92 Å². The Morgan fingerprint density at radius 1 is 1.00 bits per heavy atom. The van der Waals surface area contributed by atoms with E-state index in [2.05, 4.69) is 0 Å². The fraction of sp³-hybridized carbons (Fsp3) is 0.400. The zero-order valence-corrected chi connectivity index (χ0v) is 12.2. The Balaban J connectivity index is 3.40. The molecule has 0 fully saturated rings. The molecule has 0 saturated carbocycles. The molecule has 0 unspecified atom stereocenters. The normalized spacial score (nSPS) is 12.4. The predicted molar refractivity (Wildman–Crippen MR) is 71.4 cm³/mol. The first-order valence-corrected chi connectivity index (χ1v) is 8.62. The van der Waals surface area contributed by atoms with Gasteiger partial charge in [0.25, 0.3) is 0 Å². The summed E-state index contributed by atoms with van der Waals surface area (Å²) >= 11 is 0. The van der Waals surface area contributed by atoms with Crippen molar-refractivity contribution in [3.63, 3.8) is 0 Å². The van der Waals surface area contributed by atoms with E-state index in [0.29, 0.717) is 16.7 Å². The molecule has 1 aromatic carbocycles. The molecule has 19 heavy (non-hydrogen) atoms. The standard InChI is InChI=1S/C10H16N2O5S2/c1-7-3-8(5-18(11,13)14)10(17-2)9(4-7)6-19(12,15)16/h3-4H,5-6H2,1-2H3,(H2,11,13,14)(H2,12,15,16). The first kappa shape index (κ1) is 15.9. The van der Waals surface area contributed by atoms with Crippen molar-refractivity contribution in [3.8, 4) is 5.75 Å². The number of primary sulfonamides is 2. The largest absolute Gasteiger partial charge is 0.496 e. The van der Waals surface area contributed by atoms with Crippen molar-refractivity contribution in [1.82, 2.24) is 0 Å². The highest BCUT2D eigenvalue weighted by molar-refractivity contribution is 7.88. The number of rotatable bonds is 5. The van der Waals surface area contributed by atoms with Gasteiger partial charge in [0.05, 0.1) is 18.6 Å². The highest BCUT2D eigenvalue weighted by Gasteiger charge is 2.18. The molecule has 9 heteroatoms. The van der Waals surface area contributed by atoms with Crippen molar-refractivity contribution in [2.45, 2.75) is 18.4 Å². The van der Waals surface area contributed by atoms with Crippen LogP contribution in [0.5, 0.6) is 5.75 Å². The summed E-state index contributed by atoms with van der Waals surface area (Å²) < 4.78 is 49.7. The van der Waals surface area contributed by atoms with Crippen LogP contribution in [0.1, 0.15) is 16.7 Å². The van der Waals surface area contributed by atoms with E-state index in [9.17, 15) is 16.8 Å². The van der Waals surface area contributed by atoms with Crippen LogP contribution < -0.4 is 15.0 Å². The molecule has 1 aromatic rings. The summed E-state index contributed by atoms with van der Waals surface area (Å²) in [7, 11) is -6.17. The van der Waals surface area contributed by atoms with Crippen LogP contribution in [0.2, 0.25) is 0 Å². The Bertz CT molecular complexity index is 625. The lowest BCUT2D eigenvalue weighted by molar-refractivity contribution is 0.407. The van der Waals surface area contributed by atoms with Gasteiger partial charge in [0.1, 0.15) is 5.75 Å². The van der Waals surface area contributed by atoms with Crippen LogP contribution in [-0.2, 0) is 31.6 Å². The van der Waals surface area contributed by atoms with Gasteiger partial charge in [-0.05, 0) is 6.92 Å². The molecule has 0 spiro atoms. The molecule has 0 amide bonds. The van der Waals surface area contributed by atoms with E-state index in [1.165, 1.54) is 7.11 Å². The number of nitrogens with two attached hydrogens (primary N) is 2. The molecule has 0 bridgehead atoms. The number of ether oxygens (including phenoxy) is 1. The van der Waals surface area contributed by atoms with Crippen LogP contribution in [0.25, 0.3) is 0 Å². The van der Waals surface area contributed by atoms with Crippen LogP contribution in [0.3, 0.4) is 0 Å². The fourth-order valence-corrected chi connectivity index (χ4v) is 3.13. The van der Waals surface area contributed by atoms with Gasteiger partial charge in [-0.2, -0.15) is 0 Å². The van der Waals surface area contributed by atoms with Crippen LogP contribution in [0.15, 0.2) is 12.1 Å². The van der Waals surface area contributed by atoms with Gasteiger partial charge < -0.3 is 4.74 Å². The summed E-state index contributed by atoms with van der Waals surface area (Å²) in [6.07, 6.45) is 0. The van der Waals surface area contributed by atoms with Gasteiger partial charge in [-0.3, -0.25) is 0 Å². The molecule has 0 saturated heterocycles. The summed E-state index contributed by atoms with van der Waals surface area (Å²) in [4.78, 5) is 0. The number of methoxy groups -OCH3 is 1. The van der Waals surface area contributed by atoms with Gasteiger partial charge in [0.2, 0.25) is 20.0 Å². The maximum atomic E-state index is 11.2. The van der Waals surface area contributed by atoms with Crippen LogP contribution in [-0.4, -0.2) is 23.9 Å². The third kappa shape index (κ3) is 5.15. The predicted octanol–water partition coefficient (Wildman–Crippen LogP) is -0.419. The molecule has 0 radical (unpaired) electrons. The molecule has 0 heterocycles. The number of hydrogen-bond donors (Lipinski definition) is 2. The Kier molecular flexibility index (Phi) is 4.56. The number of sulfonamides is 2. The minimum Gasteiger partial charge on any atom is -0.496 e. The fourth-order valence-electron chi connectivity index (χ4n) is 1.84. The number of aryl methyl sites for hydroxylation is 1. The van der Waals surface area contributed by atoms with Crippen molar-refractivity contribution in [2.24, 2.45) is 10.3 Å². The molecular formula is C10H16N2O5S2. The van der Waals surface area contributed by atoms with Gasteiger partial charge in [-0.25, -0.2) is 27.1 Å². The molecule has 0 aliphatic rings. The third-order valence-corrected chi connectivity index (χ3v) is 3.73. The lowest BCUT2D eigenvalue weighted by Crippen LogP contribution is -2.18. The third-order valence-electron chi connectivity index (χ3n) is 2.30. The summed E-state index contributed by atoms with van der Waals surface area (Å²) in [6.45, 7) is 1.71. The van der Waals surface area contributed by atoms with Gasteiger partial charge in [-0.15, -0.1) is 0 Å². The van der Waals surface area contributed by atoms with Crippen LogP contribution in [0.4, 0.5) is 0 Å². The molecule has 0 aliphatic heterocycles. The zero-order valence-electron chi connectivity index (χ0n) is 10.6. The summed E-state index contributed by atoms with van der Waals surface area (Å²) in [5.74, 6) is -0.695. The molecule has 1 rings (SSSR count). The molecule has 4 N–H and O–H groups in total. The lowest BCUT2D eigenvalue weighted by atomic mass is 10.1. The van der Waals surface area contributed by atoms with E-state index < -0.39 is 31.6 Å². The monoisotopic (exact) mass is 308 g/mol. The van der Waals surface area contributed by atoms with Gasteiger partial charge in [0.15, 0.2) is 0 Å².